The molecule has 0 unspecified atom stereocenters. The molecular weight excluding hydrogens is 482 g/mol. The van der Waals surface area contributed by atoms with Crippen LogP contribution in [0.5, 0.6) is 11.5 Å². The molecule has 2 aromatic carbocycles. The summed E-state index contributed by atoms with van der Waals surface area (Å²) in [6.07, 6.45) is 0.962. The molecule has 2 aromatic rings. The van der Waals surface area contributed by atoms with Gasteiger partial charge in [0.25, 0.3) is 5.91 Å². The molecular formula is C21H29N5O6S2. The lowest BCUT2D eigenvalue weighted by atomic mass is 10.2. The number of nitrogens with one attached hydrogen (secondary N) is 1. The number of nitrogens with zero attached hydrogens (tertiary/aromatic N) is 2. The van der Waals surface area contributed by atoms with E-state index in [0.717, 1.165) is 25.4 Å². The maximum atomic E-state index is 12.5. The van der Waals surface area contributed by atoms with Gasteiger partial charge in [0, 0.05) is 24.9 Å². The van der Waals surface area contributed by atoms with Crippen molar-refractivity contribution in [1.82, 2.24) is 9.62 Å². The summed E-state index contributed by atoms with van der Waals surface area (Å²) in [4.78, 5) is 17.3. The van der Waals surface area contributed by atoms with Crippen LogP contribution in [-0.2, 0) is 19.9 Å². The lowest BCUT2D eigenvalue weighted by molar-refractivity contribution is 0.100. The number of carbonyl (C=O) groups excluding carboxylic acids is 1. The van der Waals surface area contributed by atoms with Crippen LogP contribution < -0.4 is 20.9 Å². The molecule has 0 fully saturated rings. The van der Waals surface area contributed by atoms with Gasteiger partial charge in [-0.05, 0) is 55.6 Å². The van der Waals surface area contributed by atoms with Crippen molar-refractivity contribution in [3.8, 4) is 11.5 Å². The van der Waals surface area contributed by atoms with Crippen LogP contribution in [0.3, 0.4) is 0 Å². The number of ether oxygens (including phenoxy) is 1. The van der Waals surface area contributed by atoms with Gasteiger partial charge in [0.05, 0.1) is 4.90 Å². The number of hydrogen-bond acceptors (Lipinski definition) is 7. The number of aliphatic imine (C=N–C) groups is 1. The number of hydrogen-bond donors (Lipinski definition) is 3. The van der Waals surface area contributed by atoms with Gasteiger partial charge in [0.2, 0.25) is 10.0 Å². The average molecular weight is 512 g/mol. The van der Waals surface area contributed by atoms with Crippen molar-refractivity contribution in [1.29, 1.82) is 0 Å². The molecule has 0 atom stereocenters. The molecule has 0 aliphatic heterocycles. The van der Waals surface area contributed by atoms with Crippen molar-refractivity contribution in [2.45, 2.75) is 23.6 Å². The highest BCUT2D eigenvalue weighted by atomic mass is 32.2. The summed E-state index contributed by atoms with van der Waals surface area (Å²) in [6.45, 7) is 6.50. The Morgan fingerprint density at radius 1 is 1.03 bits per heavy atom. The van der Waals surface area contributed by atoms with Crippen LogP contribution in [-0.4, -0.2) is 66.0 Å². The molecule has 34 heavy (non-hydrogen) atoms. The molecule has 0 aliphatic carbocycles. The maximum absolute atomic E-state index is 12.5. The Morgan fingerprint density at radius 3 is 2.18 bits per heavy atom. The van der Waals surface area contributed by atoms with Gasteiger partial charge in [-0.3, -0.25) is 4.79 Å². The Labute approximate surface area is 199 Å². The second-order valence-corrected chi connectivity index (χ2v) is 11.0. The predicted octanol–water partition coefficient (Wildman–Crippen LogP) is 0.916. The highest BCUT2D eigenvalue weighted by molar-refractivity contribution is 7.90. The maximum Gasteiger partial charge on any atom is 0.280 e. The Balaban J connectivity index is 2.23. The minimum Gasteiger partial charge on any atom is -0.456 e. The molecule has 186 valence electrons. The molecule has 0 aliphatic rings. The first-order valence-electron chi connectivity index (χ1n) is 10.4. The van der Waals surface area contributed by atoms with E-state index < -0.39 is 31.7 Å². The smallest absolute Gasteiger partial charge is 0.280 e. The highest BCUT2D eigenvalue weighted by Crippen LogP contribution is 2.30. The van der Waals surface area contributed by atoms with E-state index in [1.165, 1.54) is 36.4 Å². The Bertz CT molecular complexity index is 1250. The Morgan fingerprint density at radius 2 is 1.65 bits per heavy atom. The van der Waals surface area contributed by atoms with Gasteiger partial charge in [-0.2, -0.15) is 4.99 Å². The Kier molecular flexibility index (Phi) is 9.15. The number of carbonyl (C=O) groups is 1. The van der Waals surface area contributed by atoms with Gasteiger partial charge in [-0.1, -0.05) is 13.8 Å². The van der Waals surface area contributed by atoms with Gasteiger partial charge in [-0.15, -0.1) is 0 Å². The van der Waals surface area contributed by atoms with Gasteiger partial charge in [0.1, 0.15) is 16.4 Å². The van der Waals surface area contributed by atoms with E-state index in [2.05, 4.69) is 14.6 Å². The van der Waals surface area contributed by atoms with Gasteiger partial charge >= 0.3 is 0 Å². The molecule has 13 heteroatoms. The average Bonchev–Trinajstić information content (AvgIpc) is 2.76. The fourth-order valence-electron chi connectivity index (χ4n) is 2.97. The second-order valence-electron chi connectivity index (χ2n) is 7.27. The van der Waals surface area contributed by atoms with Crippen LogP contribution in [0.15, 0.2) is 57.2 Å². The monoisotopic (exact) mass is 511 g/mol. The third-order valence-electron chi connectivity index (χ3n) is 4.80. The summed E-state index contributed by atoms with van der Waals surface area (Å²) in [5.74, 6) is -1.10. The normalized spacial score (nSPS) is 11.9. The first kappa shape index (κ1) is 27.2. The minimum absolute atomic E-state index is 0.0425. The number of sulfonamides is 1. The lowest BCUT2D eigenvalue weighted by Crippen LogP contribution is -2.34. The summed E-state index contributed by atoms with van der Waals surface area (Å²) >= 11 is 0. The quantitative estimate of drug-likeness (QED) is 0.292. The topological polar surface area (TPSA) is 174 Å². The molecule has 0 spiro atoms. The van der Waals surface area contributed by atoms with Crippen molar-refractivity contribution >= 4 is 31.7 Å². The van der Waals surface area contributed by atoms with E-state index in [-0.39, 0.29) is 33.4 Å². The SMILES string of the molecule is CCN(CC)CCNS(=O)(=O)c1ccc(Oc2ccc(C(=O)N=C(N)N)cc2S(C)(=O)=O)cc1. The largest absolute Gasteiger partial charge is 0.456 e. The van der Waals surface area contributed by atoms with Gasteiger partial charge < -0.3 is 21.1 Å². The highest BCUT2D eigenvalue weighted by Gasteiger charge is 2.19. The second kappa shape index (κ2) is 11.4. The number of guanidine groups is 1. The van der Waals surface area contributed by atoms with Crippen LogP contribution in [0.25, 0.3) is 0 Å². The summed E-state index contributed by atoms with van der Waals surface area (Å²) in [5.41, 5.74) is 10.4. The molecule has 0 saturated heterocycles. The van der Waals surface area contributed by atoms with E-state index in [1.54, 1.807) is 0 Å². The molecule has 0 aromatic heterocycles. The lowest BCUT2D eigenvalue weighted by Gasteiger charge is -2.18. The van der Waals surface area contributed by atoms with E-state index >= 15 is 0 Å². The van der Waals surface area contributed by atoms with E-state index in [0.29, 0.717) is 6.54 Å². The first-order valence-corrected chi connectivity index (χ1v) is 13.7. The number of likely N-dealkylation sites (N-methyl/N-ethyl adjacent to an activating group) is 1. The van der Waals surface area contributed by atoms with E-state index in [4.69, 9.17) is 16.2 Å². The number of amides is 1. The van der Waals surface area contributed by atoms with Crippen LogP contribution in [0.2, 0.25) is 0 Å². The van der Waals surface area contributed by atoms with Crippen molar-refractivity contribution in [2.75, 3.05) is 32.4 Å². The molecule has 11 nitrogen and oxygen atoms in total. The van der Waals surface area contributed by atoms with Crippen molar-refractivity contribution in [3.05, 3.63) is 48.0 Å². The fourth-order valence-corrected chi connectivity index (χ4v) is 4.81. The van der Waals surface area contributed by atoms with Crippen molar-refractivity contribution in [3.63, 3.8) is 0 Å². The number of rotatable bonds is 11. The molecule has 0 bridgehead atoms. The number of sulfone groups is 1. The zero-order valence-corrected chi connectivity index (χ0v) is 20.8. The van der Waals surface area contributed by atoms with E-state index in [1.807, 2.05) is 13.8 Å². The molecule has 5 N–H and O–H groups in total. The number of benzene rings is 2. The van der Waals surface area contributed by atoms with E-state index in [9.17, 15) is 21.6 Å². The standard InChI is InChI=1S/C21H29N5O6S2/c1-4-26(5-2)13-12-24-34(30,31)17-9-7-16(8-10-17)32-18-11-6-15(20(27)25-21(22)23)14-19(18)33(3,28)29/h6-11,14,24H,4-5,12-13H2,1-3H3,(H4,22,23,25,27). The predicted molar refractivity (Wildman–Crippen MR) is 129 cm³/mol. The molecule has 0 radical (unpaired) electrons. The summed E-state index contributed by atoms with van der Waals surface area (Å²) in [7, 11) is -7.51. The third kappa shape index (κ3) is 7.52. The molecule has 0 saturated carbocycles. The van der Waals surface area contributed by atoms with Crippen molar-refractivity contribution < 1.29 is 26.4 Å². The van der Waals surface area contributed by atoms with Gasteiger partial charge in [0.15, 0.2) is 15.8 Å². The summed E-state index contributed by atoms with van der Waals surface area (Å²) in [6, 6.07) is 9.24. The van der Waals surface area contributed by atoms with Crippen LogP contribution >= 0.6 is 0 Å². The van der Waals surface area contributed by atoms with Gasteiger partial charge in [-0.25, -0.2) is 21.6 Å². The van der Waals surface area contributed by atoms with Crippen molar-refractivity contribution in [2.24, 2.45) is 16.5 Å². The summed E-state index contributed by atoms with van der Waals surface area (Å²) in [5, 5.41) is 0. The summed E-state index contributed by atoms with van der Waals surface area (Å²) < 4.78 is 57.7. The molecule has 1 amide bonds. The Hall–Kier alpha value is -3.00. The molecule has 2 rings (SSSR count). The van der Waals surface area contributed by atoms with Crippen LogP contribution in [0.4, 0.5) is 0 Å². The molecule has 0 heterocycles. The zero-order chi connectivity index (χ0) is 25.5. The third-order valence-corrected chi connectivity index (χ3v) is 7.39. The minimum atomic E-state index is -3.79. The van der Waals surface area contributed by atoms with Crippen LogP contribution in [0.1, 0.15) is 24.2 Å². The first-order chi connectivity index (χ1) is 15.9. The van der Waals surface area contributed by atoms with Crippen LogP contribution in [0, 0.1) is 0 Å². The number of nitrogens with two attached hydrogens (primary N) is 2. The zero-order valence-electron chi connectivity index (χ0n) is 19.2. The fraction of sp³-hybridized carbons (Fsp3) is 0.333.